The van der Waals surface area contributed by atoms with Crippen molar-refractivity contribution >= 4 is 0 Å². The van der Waals surface area contributed by atoms with Gasteiger partial charge in [-0.05, 0) is 17.0 Å². The fourth-order valence-corrected chi connectivity index (χ4v) is 0.782. The Balaban J connectivity index is 2.97. The van der Waals surface area contributed by atoms with Crippen LogP contribution in [0.15, 0.2) is 18.5 Å². The van der Waals surface area contributed by atoms with E-state index >= 15 is 0 Å². The van der Waals surface area contributed by atoms with Crippen LogP contribution in [-0.4, -0.2) is 4.98 Å². The molecule has 0 spiro atoms. The molecule has 0 N–H and O–H groups in total. The van der Waals surface area contributed by atoms with Crippen LogP contribution < -0.4 is 0 Å². The summed E-state index contributed by atoms with van der Waals surface area (Å²) >= 11 is 0. The number of hydrogen-bond acceptors (Lipinski definition) is 1. The lowest BCUT2D eigenvalue weighted by molar-refractivity contribution is 0.588. The van der Waals surface area contributed by atoms with E-state index in [2.05, 4.69) is 31.8 Å². The quantitative estimate of drug-likeness (QED) is 0.530. The van der Waals surface area contributed by atoms with Gasteiger partial charge in [-0.1, -0.05) is 20.8 Å². The van der Waals surface area contributed by atoms with Gasteiger partial charge in [-0.2, -0.15) is 0 Å². The molecule has 1 radical (unpaired) electrons. The predicted octanol–water partition coefficient (Wildman–Crippen LogP) is 2.18. The van der Waals surface area contributed by atoms with Crippen molar-refractivity contribution in [2.45, 2.75) is 26.2 Å². The normalized spacial score (nSPS) is 11.5. The molecule has 1 heterocycles. The molecule has 0 atom stereocenters. The van der Waals surface area contributed by atoms with Gasteiger partial charge in [0.15, 0.2) is 0 Å². The second-order valence-corrected chi connectivity index (χ2v) is 3.40. The van der Waals surface area contributed by atoms with Gasteiger partial charge in [0.25, 0.3) is 0 Å². The highest BCUT2D eigenvalue weighted by Crippen LogP contribution is 2.19. The first-order valence-corrected chi connectivity index (χ1v) is 3.43. The van der Waals surface area contributed by atoms with Gasteiger partial charge in [0.2, 0.25) is 0 Å². The van der Waals surface area contributed by atoms with Crippen LogP contribution in [0.3, 0.4) is 0 Å². The largest absolute Gasteiger partial charge is 0.264 e. The number of aromatic nitrogens is 1. The molecule has 0 amide bonds. The molecule has 53 valence electrons. The van der Waals surface area contributed by atoms with Crippen molar-refractivity contribution in [1.29, 1.82) is 0 Å². The Hall–Kier alpha value is -0.850. The first-order chi connectivity index (χ1) is 4.61. The molecule has 0 bridgehead atoms. The van der Waals surface area contributed by atoms with Crippen molar-refractivity contribution < 1.29 is 0 Å². The standard InChI is InChI=1S/C9H12N/c1-9(2,3)8-4-6-10-7-5-8/h4,6-7H,1-3H3. The number of rotatable bonds is 0. The highest BCUT2D eigenvalue weighted by molar-refractivity contribution is 5.17. The van der Waals surface area contributed by atoms with Crippen LogP contribution >= 0.6 is 0 Å². The summed E-state index contributed by atoms with van der Waals surface area (Å²) in [6.45, 7) is 6.50. The molecule has 1 aromatic rings. The van der Waals surface area contributed by atoms with Crippen molar-refractivity contribution in [1.82, 2.24) is 4.98 Å². The maximum Gasteiger partial charge on any atom is 0.0349 e. The minimum absolute atomic E-state index is 0.197. The zero-order valence-electron chi connectivity index (χ0n) is 6.68. The molecule has 0 aliphatic heterocycles. The van der Waals surface area contributed by atoms with Gasteiger partial charge in [0, 0.05) is 18.5 Å². The van der Waals surface area contributed by atoms with Crippen LogP contribution in [0.25, 0.3) is 0 Å². The summed E-state index contributed by atoms with van der Waals surface area (Å²) in [5.41, 5.74) is 1.41. The lowest BCUT2D eigenvalue weighted by Gasteiger charge is -2.17. The topological polar surface area (TPSA) is 12.9 Å². The molecule has 1 heteroatoms. The van der Waals surface area contributed by atoms with Gasteiger partial charge >= 0.3 is 0 Å². The van der Waals surface area contributed by atoms with Gasteiger partial charge in [-0.3, -0.25) is 4.98 Å². The summed E-state index contributed by atoms with van der Waals surface area (Å²) in [6, 6.07) is 5.10. The van der Waals surface area contributed by atoms with E-state index in [4.69, 9.17) is 0 Å². The Labute approximate surface area is 62.1 Å². The molecule has 1 nitrogen and oxygen atoms in total. The summed E-state index contributed by atoms with van der Waals surface area (Å²) in [5, 5.41) is 0. The van der Waals surface area contributed by atoms with E-state index in [0.29, 0.717) is 0 Å². The Kier molecular flexibility index (Phi) is 1.75. The van der Waals surface area contributed by atoms with Crippen LogP contribution in [0.2, 0.25) is 0 Å². The number of nitrogens with zero attached hydrogens (tertiary/aromatic N) is 1. The van der Waals surface area contributed by atoms with Crippen molar-refractivity contribution in [3.63, 3.8) is 0 Å². The lowest BCUT2D eigenvalue weighted by Crippen LogP contribution is -2.10. The maximum atomic E-state index is 3.90. The Morgan fingerprint density at radius 2 is 2.10 bits per heavy atom. The Morgan fingerprint density at radius 1 is 1.40 bits per heavy atom. The van der Waals surface area contributed by atoms with Crippen LogP contribution in [-0.2, 0) is 5.41 Å². The summed E-state index contributed by atoms with van der Waals surface area (Å²) in [7, 11) is 0. The minimum atomic E-state index is 0.197. The van der Waals surface area contributed by atoms with E-state index < -0.39 is 0 Å². The van der Waals surface area contributed by atoms with E-state index in [-0.39, 0.29) is 5.41 Å². The van der Waals surface area contributed by atoms with Crippen molar-refractivity contribution in [3.05, 3.63) is 30.1 Å². The average molecular weight is 134 g/mol. The molecule has 0 aliphatic carbocycles. The zero-order chi connectivity index (χ0) is 7.61. The van der Waals surface area contributed by atoms with Gasteiger partial charge in [-0.25, -0.2) is 0 Å². The van der Waals surface area contributed by atoms with Crippen LogP contribution in [0.4, 0.5) is 0 Å². The highest BCUT2D eigenvalue weighted by Gasteiger charge is 2.12. The molecule has 1 aromatic heterocycles. The monoisotopic (exact) mass is 134 g/mol. The van der Waals surface area contributed by atoms with E-state index in [1.54, 1.807) is 12.4 Å². The van der Waals surface area contributed by atoms with E-state index in [1.807, 2.05) is 6.07 Å². The summed E-state index contributed by atoms with van der Waals surface area (Å²) in [4.78, 5) is 3.90. The first kappa shape index (κ1) is 7.26. The maximum absolute atomic E-state index is 3.90. The van der Waals surface area contributed by atoms with E-state index in [0.717, 1.165) is 0 Å². The third-order valence-corrected chi connectivity index (χ3v) is 1.43. The molecule has 1 rings (SSSR count). The molecule has 0 saturated heterocycles. The lowest BCUT2D eigenvalue weighted by atomic mass is 9.88. The summed E-state index contributed by atoms with van der Waals surface area (Å²) in [6.07, 6.45) is 3.51. The second kappa shape index (κ2) is 2.41. The van der Waals surface area contributed by atoms with Crippen molar-refractivity contribution in [3.8, 4) is 0 Å². The second-order valence-electron chi connectivity index (χ2n) is 3.40. The molecule has 0 aromatic carbocycles. The van der Waals surface area contributed by atoms with Gasteiger partial charge < -0.3 is 0 Å². The predicted molar refractivity (Wildman–Crippen MR) is 41.8 cm³/mol. The van der Waals surface area contributed by atoms with Crippen LogP contribution in [0, 0.1) is 6.07 Å². The van der Waals surface area contributed by atoms with E-state index in [9.17, 15) is 0 Å². The van der Waals surface area contributed by atoms with Gasteiger partial charge in [0.05, 0.1) is 0 Å². The van der Waals surface area contributed by atoms with Gasteiger partial charge in [0.1, 0.15) is 0 Å². The molecule has 0 saturated carbocycles. The SMILES string of the molecule is CC(C)(C)c1[c]cncc1. The van der Waals surface area contributed by atoms with Crippen LogP contribution in [0.5, 0.6) is 0 Å². The van der Waals surface area contributed by atoms with E-state index in [1.165, 1.54) is 5.56 Å². The first-order valence-electron chi connectivity index (χ1n) is 3.43. The molecular formula is C9H12N. The fourth-order valence-electron chi connectivity index (χ4n) is 0.782. The third-order valence-electron chi connectivity index (χ3n) is 1.43. The number of hydrogen-bond donors (Lipinski definition) is 0. The van der Waals surface area contributed by atoms with Crippen LogP contribution in [0.1, 0.15) is 26.3 Å². The third kappa shape index (κ3) is 1.56. The average Bonchev–Trinajstić information content (AvgIpc) is 1.88. The van der Waals surface area contributed by atoms with Crippen molar-refractivity contribution in [2.24, 2.45) is 0 Å². The molecule has 10 heavy (non-hydrogen) atoms. The molecular weight excluding hydrogens is 122 g/mol. The van der Waals surface area contributed by atoms with Gasteiger partial charge in [-0.15, -0.1) is 0 Å². The summed E-state index contributed by atoms with van der Waals surface area (Å²) in [5.74, 6) is 0. The Morgan fingerprint density at radius 3 is 2.40 bits per heavy atom. The molecule has 0 unspecified atom stereocenters. The minimum Gasteiger partial charge on any atom is -0.264 e. The summed E-state index contributed by atoms with van der Waals surface area (Å²) < 4.78 is 0. The van der Waals surface area contributed by atoms with Crippen molar-refractivity contribution in [2.75, 3.05) is 0 Å². The highest BCUT2D eigenvalue weighted by atomic mass is 14.6. The fraction of sp³-hybridized carbons (Fsp3) is 0.444. The Bertz CT molecular complexity index is 196. The smallest absolute Gasteiger partial charge is 0.0349 e. The zero-order valence-corrected chi connectivity index (χ0v) is 6.68. The molecule has 0 aliphatic rings. The molecule has 0 fully saturated rings. The number of pyridine rings is 1.